The van der Waals surface area contributed by atoms with Gasteiger partial charge in [-0.25, -0.2) is 4.98 Å². The zero-order valence-electron chi connectivity index (χ0n) is 16.1. The first-order chi connectivity index (χ1) is 14.2. The number of nitrogens with zero attached hydrogens (tertiary/aromatic N) is 1. The van der Waals surface area contributed by atoms with Crippen molar-refractivity contribution in [1.29, 1.82) is 0 Å². The molecule has 6 nitrogen and oxygen atoms in total. The molecule has 0 aliphatic heterocycles. The Morgan fingerprint density at radius 3 is 2.52 bits per heavy atom. The Morgan fingerprint density at radius 2 is 1.76 bits per heavy atom. The Balaban J connectivity index is 1.24. The number of carbonyl (C=O) groups is 2. The molecule has 29 heavy (non-hydrogen) atoms. The van der Waals surface area contributed by atoms with Crippen LogP contribution in [-0.2, 0) is 16.0 Å². The predicted octanol–water partition coefficient (Wildman–Crippen LogP) is 4.65. The number of nitrogens with one attached hydrogen (secondary N) is 2. The maximum atomic E-state index is 12.2. The van der Waals surface area contributed by atoms with E-state index in [0.717, 1.165) is 24.2 Å². The summed E-state index contributed by atoms with van der Waals surface area (Å²) in [7, 11) is 0. The summed E-state index contributed by atoms with van der Waals surface area (Å²) < 4.78 is 5.76. The van der Waals surface area contributed by atoms with Gasteiger partial charge in [-0.3, -0.25) is 9.59 Å². The Labute approximate surface area is 169 Å². The molecule has 148 valence electrons. The zero-order valence-corrected chi connectivity index (χ0v) is 16.1. The molecule has 4 rings (SSSR count). The lowest BCUT2D eigenvalue weighted by Crippen LogP contribution is -2.14. The van der Waals surface area contributed by atoms with Crippen LogP contribution in [0.4, 0.5) is 11.4 Å². The van der Waals surface area contributed by atoms with Crippen LogP contribution in [0.3, 0.4) is 0 Å². The van der Waals surface area contributed by atoms with Gasteiger partial charge in [-0.1, -0.05) is 36.4 Å². The fraction of sp³-hybridized carbons (Fsp3) is 0.261. The number of rotatable bonds is 8. The number of benzene rings is 2. The third-order valence-electron chi connectivity index (χ3n) is 4.77. The van der Waals surface area contributed by atoms with Crippen molar-refractivity contribution in [3.05, 3.63) is 66.7 Å². The van der Waals surface area contributed by atoms with Gasteiger partial charge in [0.25, 0.3) is 0 Å². The van der Waals surface area contributed by atoms with Gasteiger partial charge in [0.2, 0.25) is 11.8 Å². The van der Waals surface area contributed by atoms with Crippen LogP contribution in [0.5, 0.6) is 0 Å². The second-order valence-corrected chi connectivity index (χ2v) is 7.23. The number of amides is 2. The quantitative estimate of drug-likeness (QED) is 0.587. The minimum atomic E-state index is -0.0782. The summed E-state index contributed by atoms with van der Waals surface area (Å²) in [5.41, 5.74) is 2.36. The minimum Gasteiger partial charge on any atom is -0.441 e. The number of anilines is 2. The molecule has 0 atom stereocenters. The third-order valence-corrected chi connectivity index (χ3v) is 4.77. The van der Waals surface area contributed by atoms with E-state index < -0.39 is 0 Å². The highest BCUT2D eigenvalue weighted by molar-refractivity contribution is 5.95. The first-order valence-electron chi connectivity index (χ1n) is 9.88. The summed E-state index contributed by atoms with van der Waals surface area (Å²) in [6.07, 6.45) is 5.23. The van der Waals surface area contributed by atoms with Gasteiger partial charge in [0.05, 0.1) is 6.20 Å². The number of hydrogen-bond acceptors (Lipinski definition) is 4. The SMILES string of the molecule is O=C(CCCc1ncc(-c2ccccc2)o1)Nc1cccc(NC(=O)C2CC2)c1. The van der Waals surface area contributed by atoms with E-state index in [9.17, 15) is 9.59 Å². The standard InChI is InChI=1S/C23H23N3O3/c27-21(25-18-8-4-9-19(14-18)26-23(28)17-12-13-17)10-5-11-22-24-15-20(29-22)16-6-2-1-3-7-16/h1-4,6-9,14-15,17H,5,10-13H2,(H,25,27)(H,26,28). The lowest BCUT2D eigenvalue weighted by molar-refractivity contribution is -0.117. The molecule has 0 spiro atoms. The normalized spacial score (nSPS) is 13.1. The van der Waals surface area contributed by atoms with Gasteiger partial charge in [-0.15, -0.1) is 0 Å². The first-order valence-corrected chi connectivity index (χ1v) is 9.88. The van der Waals surface area contributed by atoms with Gasteiger partial charge in [-0.05, 0) is 37.5 Å². The molecule has 2 N–H and O–H groups in total. The van der Waals surface area contributed by atoms with Crippen molar-refractivity contribution in [3.63, 3.8) is 0 Å². The Bertz CT molecular complexity index is 993. The molecule has 0 radical (unpaired) electrons. The Hall–Kier alpha value is -3.41. The fourth-order valence-corrected chi connectivity index (χ4v) is 3.05. The predicted molar refractivity (Wildman–Crippen MR) is 111 cm³/mol. The molecule has 6 heteroatoms. The molecule has 3 aromatic rings. The molecule has 1 heterocycles. The smallest absolute Gasteiger partial charge is 0.227 e. The Kier molecular flexibility index (Phi) is 5.70. The topological polar surface area (TPSA) is 84.2 Å². The van der Waals surface area contributed by atoms with Crippen molar-refractivity contribution < 1.29 is 14.0 Å². The van der Waals surface area contributed by atoms with Gasteiger partial charge in [-0.2, -0.15) is 0 Å². The monoisotopic (exact) mass is 389 g/mol. The van der Waals surface area contributed by atoms with Gasteiger partial charge in [0.1, 0.15) is 0 Å². The van der Waals surface area contributed by atoms with Crippen LogP contribution in [0.15, 0.2) is 65.2 Å². The molecule has 1 aliphatic carbocycles. The van der Waals surface area contributed by atoms with E-state index in [1.165, 1.54) is 0 Å². The Morgan fingerprint density at radius 1 is 1.00 bits per heavy atom. The largest absolute Gasteiger partial charge is 0.441 e. The van der Waals surface area contributed by atoms with E-state index in [2.05, 4.69) is 15.6 Å². The summed E-state index contributed by atoms with van der Waals surface area (Å²) in [6.45, 7) is 0. The van der Waals surface area contributed by atoms with Crippen molar-refractivity contribution >= 4 is 23.2 Å². The molecular formula is C23H23N3O3. The van der Waals surface area contributed by atoms with Crippen LogP contribution in [0.2, 0.25) is 0 Å². The lowest BCUT2D eigenvalue weighted by Gasteiger charge is -2.08. The third kappa shape index (κ3) is 5.31. The van der Waals surface area contributed by atoms with Crippen molar-refractivity contribution in [2.75, 3.05) is 10.6 Å². The van der Waals surface area contributed by atoms with Crippen LogP contribution in [0.1, 0.15) is 31.6 Å². The first kappa shape index (κ1) is 18.9. The molecule has 1 aliphatic rings. The molecule has 1 fully saturated rings. The molecule has 2 aromatic carbocycles. The molecular weight excluding hydrogens is 366 g/mol. The summed E-state index contributed by atoms with van der Waals surface area (Å²) in [5.74, 6) is 1.47. The van der Waals surface area contributed by atoms with E-state index in [4.69, 9.17) is 4.42 Å². The highest BCUT2D eigenvalue weighted by Gasteiger charge is 2.29. The highest BCUT2D eigenvalue weighted by atomic mass is 16.4. The van der Waals surface area contributed by atoms with Crippen LogP contribution < -0.4 is 10.6 Å². The van der Waals surface area contributed by atoms with E-state index >= 15 is 0 Å². The van der Waals surface area contributed by atoms with Crippen molar-refractivity contribution in [2.24, 2.45) is 5.92 Å². The second-order valence-electron chi connectivity index (χ2n) is 7.23. The number of hydrogen-bond donors (Lipinski definition) is 2. The van der Waals surface area contributed by atoms with Crippen molar-refractivity contribution in [1.82, 2.24) is 4.98 Å². The molecule has 0 saturated heterocycles. The maximum Gasteiger partial charge on any atom is 0.227 e. The minimum absolute atomic E-state index is 0.0503. The average molecular weight is 389 g/mol. The summed E-state index contributed by atoms with van der Waals surface area (Å²) >= 11 is 0. The van der Waals surface area contributed by atoms with Gasteiger partial charge >= 0.3 is 0 Å². The van der Waals surface area contributed by atoms with Crippen molar-refractivity contribution in [3.8, 4) is 11.3 Å². The molecule has 0 bridgehead atoms. The van der Waals surface area contributed by atoms with E-state index in [1.54, 1.807) is 12.3 Å². The molecule has 1 aromatic heterocycles. The summed E-state index contributed by atoms with van der Waals surface area (Å²) in [5, 5.41) is 5.76. The van der Waals surface area contributed by atoms with Crippen molar-refractivity contribution in [2.45, 2.75) is 32.1 Å². The highest BCUT2D eigenvalue weighted by Crippen LogP contribution is 2.30. The summed E-state index contributed by atoms with van der Waals surface area (Å²) in [4.78, 5) is 28.4. The van der Waals surface area contributed by atoms with Gasteiger partial charge in [0, 0.05) is 35.7 Å². The number of oxazole rings is 1. The van der Waals surface area contributed by atoms with Crippen LogP contribution in [-0.4, -0.2) is 16.8 Å². The fourth-order valence-electron chi connectivity index (χ4n) is 3.05. The second kappa shape index (κ2) is 8.73. The summed E-state index contributed by atoms with van der Waals surface area (Å²) in [6, 6.07) is 17.0. The zero-order chi connectivity index (χ0) is 20.1. The van der Waals surface area contributed by atoms with Gasteiger partial charge < -0.3 is 15.1 Å². The molecule has 1 saturated carbocycles. The maximum absolute atomic E-state index is 12.2. The number of carbonyl (C=O) groups excluding carboxylic acids is 2. The van der Waals surface area contributed by atoms with E-state index in [0.29, 0.717) is 36.5 Å². The van der Waals surface area contributed by atoms with Gasteiger partial charge in [0.15, 0.2) is 11.7 Å². The van der Waals surface area contributed by atoms with E-state index in [-0.39, 0.29) is 17.7 Å². The number of aryl methyl sites for hydroxylation is 1. The lowest BCUT2D eigenvalue weighted by atomic mass is 10.2. The average Bonchev–Trinajstić information content (AvgIpc) is 3.48. The van der Waals surface area contributed by atoms with Crippen LogP contribution in [0.25, 0.3) is 11.3 Å². The number of aromatic nitrogens is 1. The molecule has 2 amide bonds. The van der Waals surface area contributed by atoms with Crippen LogP contribution in [0, 0.1) is 5.92 Å². The van der Waals surface area contributed by atoms with E-state index in [1.807, 2.05) is 48.5 Å². The molecule has 0 unspecified atom stereocenters. The van der Waals surface area contributed by atoms with Crippen LogP contribution >= 0.6 is 0 Å².